The van der Waals surface area contributed by atoms with Crippen LogP contribution < -0.4 is 15.8 Å². The highest BCUT2D eigenvalue weighted by atomic mass is 79.9. The molecule has 3 rings (SSSR count). The van der Waals surface area contributed by atoms with Crippen LogP contribution in [0.15, 0.2) is 40.0 Å². The minimum absolute atomic E-state index is 0.115. The summed E-state index contributed by atoms with van der Waals surface area (Å²) in [7, 11) is 2.00. The topological polar surface area (TPSA) is 80.1 Å². The van der Waals surface area contributed by atoms with Crippen LogP contribution in [0.5, 0.6) is 0 Å². The number of halogens is 1. The van der Waals surface area contributed by atoms with E-state index in [9.17, 15) is 9.59 Å². The Morgan fingerprint density at radius 2 is 2.00 bits per heavy atom. The number of pyridine rings is 1. The maximum atomic E-state index is 12.6. The molecule has 7 nitrogen and oxygen atoms in total. The lowest BCUT2D eigenvalue weighted by Gasteiger charge is -2.33. The zero-order valence-electron chi connectivity index (χ0n) is 15.4. The number of anilines is 1. The van der Waals surface area contributed by atoms with Gasteiger partial charge in [-0.1, -0.05) is 19.3 Å². The molecule has 0 radical (unpaired) electrons. The van der Waals surface area contributed by atoms with Crippen molar-refractivity contribution in [1.82, 2.24) is 20.1 Å². The Morgan fingerprint density at radius 3 is 2.70 bits per heavy atom. The Bertz CT molecular complexity index is 834. The van der Waals surface area contributed by atoms with Crippen molar-refractivity contribution in [2.75, 3.05) is 11.9 Å². The highest BCUT2D eigenvalue weighted by Crippen LogP contribution is 2.28. The van der Waals surface area contributed by atoms with E-state index in [4.69, 9.17) is 0 Å². The summed E-state index contributed by atoms with van der Waals surface area (Å²) in [5.41, 5.74) is 1.43. The van der Waals surface area contributed by atoms with Crippen molar-refractivity contribution in [3.05, 3.63) is 51.1 Å². The van der Waals surface area contributed by atoms with E-state index in [1.807, 2.05) is 19.2 Å². The molecule has 8 heteroatoms. The summed E-state index contributed by atoms with van der Waals surface area (Å²) in [5, 5.41) is 7.00. The molecule has 1 amide bonds. The Kier molecular flexibility index (Phi) is 6.60. The van der Waals surface area contributed by atoms with E-state index in [0.29, 0.717) is 17.1 Å². The van der Waals surface area contributed by atoms with Gasteiger partial charge in [0.1, 0.15) is 11.0 Å². The van der Waals surface area contributed by atoms with Crippen LogP contribution in [0.3, 0.4) is 0 Å². The monoisotopic (exact) mass is 433 g/mol. The van der Waals surface area contributed by atoms with Crippen LogP contribution in [0.1, 0.15) is 37.7 Å². The summed E-state index contributed by atoms with van der Waals surface area (Å²) in [6.07, 6.45) is 11.0. The van der Waals surface area contributed by atoms with Crippen molar-refractivity contribution >= 4 is 27.5 Å². The number of aromatic nitrogens is 3. The predicted octanol–water partition coefficient (Wildman–Crippen LogP) is 2.49. The molecule has 0 spiro atoms. The van der Waals surface area contributed by atoms with Gasteiger partial charge in [0, 0.05) is 32.0 Å². The van der Waals surface area contributed by atoms with Crippen molar-refractivity contribution < 1.29 is 4.79 Å². The van der Waals surface area contributed by atoms with Gasteiger partial charge < -0.3 is 10.2 Å². The zero-order chi connectivity index (χ0) is 19.2. The van der Waals surface area contributed by atoms with Crippen LogP contribution in [0, 0.1) is 0 Å². The lowest BCUT2D eigenvalue weighted by Crippen LogP contribution is -2.37. The van der Waals surface area contributed by atoms with Crippen molar-refractivity contribution in [2.24, 2.45) is 0 Å². The summed E-state index contributed by atoms with van der Waals surface area (Å²) in [6, 6.07) is 4.09. The van der Waals surface area contributed by atoms with Crippen LogP contribution in [-0.2, 0) is 17.9 Å². The van der Waals surface area contributed by atoms with Gasteiger partial charge in [-0.15, -0.1) is 0 Å². The number of rotatable bonds is 6. The first-order chi connectivity index (χ1) is 13.1. The van der Waals surface area contributed by atoms with Gasteiger partial charge in [-0.05, 0) is 46.5 Å². The molecule has 2 aromatic rings. The molecule has 0 aliphatic heterocycles. The SMILES string of the molecule is CN(c1cnn(CC(=O)NCc2ccncc2)c(=O)c1Br)C1CCCCC1. The molecule has 2 aromatic heterocycles. The molecule has 0 aromatic carbocycles. The summed E-state index contributed by atoms with van der Waals surface area (Å²) >= 11 is 3.41. The maximum absolute atomic E-state index is 12.6. The molecule has 0 unspecified atom stereocenters. The minimum atomic E-state index is -0.297. The van der Waals surface area contributed by atoms with Gasteiger partial charge in [0.2, 0.25) is 5.91 Å². The van der Waals surface area contributed by atoms with Crippen molar-refractivity contribution in [2.45, 2.75) is 51.2 Å². The second-order valence-electron chi connectivity index (χ2n) is 6.84. The summed E-state index contributed by atoms with van der Waals surface area (Å²) in [4.78, 5) is 30.9. The average Bonchev–Trinajstić information content (AvgIpc) is 2.71. The number of hydrogen-bond donors (Lipinski definition) is 1. The van der Waals surface area contributed by atoms with E-state index < -0.39 is 0 Å². The van der Waals surface area contributed by atoms with Crippen LogP contribution in [0.25, 0.3) is 0 Å². The van der Waals surface area contributed by atoms with Gasteiger partial charge in [0.05, 0.1) is 11.9 Å². The Balaban J connectivity index is 1.65. The largest absolute Gasteiger partial charge is 0.369 e. The molecule has 2 heterocycles. The third-order valence-electron chi connectivity index (χ3n) is 5.00. The van der Waals surface area contributed by atoms with Gasteiger partial charge in [-0.2, -0.15) is 5.10 Å². The molecule has 1 fully saturated rings. The standard InChI is InChI=1S/C19H24BrN5O2/c1-24(15-5-3-2-4-6-15)16-12-23-25(19(27)18(16)20)13-17(26)22-11-14-7-9-21-10-8-14/h7-10,12,15H,2-6,11,13H2,1H3,(H,22,26). The van der Waals surface area contributed by atoms with Crippen LogP contribution >= 0.6 is 15.9 Å². The van der Waals surface area contributed by atoms with E-state index >= 15 is 0 Å². The molecule has 27 heavy (non-hydrogen) atoms. The molecule has 1 aliphatic rings. The van der Waals surface area contributed by atoms with Crippen molar-refractivity contribution in [3.8, 4) is 0 Å². The van der Waals surface area contributed by atoms with E-state index in [1.165, 1.54) is 23.9 Å². The van der Waals surface area contributed by atoms with E-state index in [0.717, 1.165) is 24.1 Å². The number of carbonyl (C=O) groups excluding carboxylic acids is 1. The molecule has 1 aliphatic carbocycles. The maximum Gasteiger partial charge on any atom is 0.283 e. The summed E-state index contributed by atoms with van der Waals surface area (Å²) in [5.74, 6) is -0.262. The summed E-state index contributed by atoms with van der Waals surface area (Å²) < 4.78 is 1.64. The van der Waals surface area contributed by atoms with E-state index in [2.05, 4.69) is 36.2 Å². The third-order valence-corrected chi connectivity index (χ3v) is 5.75. The third kappa shape index (κ3) is 4.94. The number of nitrogens with zero attached hydrogens (tertiary/aromatic N) is 4. The van der Waals surface area contributed by atoms with Crippen molar-refractivity contribution in [1.29, 1.82) is 0 Å². The molecule has 144 valence electrons. The second-order valence-corrected chi connectivity index (χ2v) is 7.63. The first-order valence-corrected chi connectivity index (χ1v) is 9.99. The fourth-order valence-electron chi connectivity index (χ4n) is 3.37. The first kappa shape index (κ1) is 19.5. The van der Waals surface area contributed by atoms with Crippen LogP contribution in [-0.4, -0.2) is 33.8 Å². The highest BCUT2D eigenvalue weighted by molar-refractivity contribution is 9.10. The normalized spacial score (nSPS) is 14.7. The Morgan fingerprint density at radius 1 is 1.30 bits per heavy atom. The van der Waals surface area contributed by atoms with E-state index in [-0.39, 0.29) is 18.0 Å². The lowest BCUT2D eigenvalue weighted by molar-refractivity contribution is -0.122. The quantitative estimate of drug-likeness (QED) is 0.756. The zero-order valence-corrected chi connectivity index (χ0v) is 17.0. The van der Waals surface area contributed by atoms with Crippen LogP contribution in [0.4, 0.5) is 5.69 Å². The second kappa shape index (κ2) is 9.12. The molecule has 1 saturated carbocycles. The lowest BCUT2D eigenvalue weighted by atomic mass is 9.94. The molecule has 1 N–H and O–H groups in total. The molecular formula is C19H24BrN5O2. The fraction of sp³-hybridized carbons (Fsp3) is 0.474. The van der Waals surface area contributed by atoms with Gasteiger partial charge in [-0.25, -0.2) is 4.68 Å². The smallest absolute Gasteiger partial charge is 0.283 e. The number of hydrogen-bond acceptors (Lipinski definition) is 5. The van der Waals surface area contributed by atoms with Gasteiger partial charge in [0.25, 0.3) is 5.56 Å². The predicted molar refractivity (Wildman–Crippen MR) is 108 cm³/mol. The first-order valence-electron chi connectivity index (χ1n) is 9.20. The molecular weight excluding hydrogens is 410 g/mol. The van der Waals surface area contributed by atoms with Crippen molar-refractivity contribution in [3.63, 3.8) is 0 Å². The summed E-state index contributed by atoms with van der Waals surface area (Å²) in [6.45, 7) is 0.274. The molecule has 0 saturated heterocycles. The number of nitrogens with one attached hydrogen (secondary N) is 1. The number of amides is 1. The van der Waals surface area contributed by atoms with Gasteiger partial charge in [-0.3, -0.25) is 14.6 Å². The van der Waals surface area contributed by atoms with Crippen LogP contribution in [0.2, 0.25) is 0 Å². The fourth-order valence-corrected chi connectivity index (χ4v) is 3.96. The Labute approximate surface area is 166 Å². The molecule has 0 atom stereocenters. The van der Waals surface area contributed by atoms with Gasteiger partial charge in [0.15, 0.2) is 0 Å². The highest BCUT2D eigenvalue weighted by Gasteiger charge is 2.22. The van der Waals surface area contributed by atoms with E-state index in [1.54, 1.807) is 18.6 Å². The number of carbonyl (C=O) groups is 1. The minimum Gasteiger partial charge on any atom is -0.369 e. The average molecular weight is 434 g/mol. The molecule has 0 bridgehead atoms. The Hall–Kier alpha value is -2.22. The van der Waals surface area contributed by atoms with Gasteiger partial charge >= 0.3 is 0 Å².